The molecule has 0 saturated carbocycles. The number of carbonyl (C=O) groups is 1. The van der Waals surface area contributed by atoms with Gasteiger partial charge >= 0.3 is 0 Å². The van der Waals surface area contributed by atoms with Gasteiger partial charge in [-0.3, -0.25) is 4.79 Å². The van der Waals surface area contributed by atoms with Crippen LogP contribution in [0.2, 0.25) is 0 Å². The van der Waals surface area contributed by atoms with Crippen molar-refractivity contribution < 1.29 is 32.2 Å². The number of amides is 1. The first-order valence-electron chi connectivity index (χ1n) is 12.9. The average molecular weight is 556 g/mol. The lowest BCUT2D eigenvalue weighted by Crippen LogP contribution is -2.49. The highest BCUT2D eigenvalue weighted by Crippen LogP contribution is 2.13. The Hall–Kier alpha value is -2.44. The summed E-state index contributed by atoms with van der Waals surface area (Å²) in [6.07, 6.45) is -0.109. The molecule has 0 heterocycles. The lowest BCUT2D eigenvalue weighted by Gasteiger charge is -2.25. The minimum Gasteiger partial charge on any atom is -0.395 e. The zero-order chi connectivity index (χ0) is 28.1. The third kappa shape index (κ3) is 10.7. The Labute approximate surface area is 224 Å². The van der Waals surface area contributed by atoms with Gasteiger partial charge in [-0.05, 0) is 48.1 Å². The second kappa shape index (κ2) is 15.8. The van der Waals surface area contributed by atoms with Gasteiger partial charge in [0.15, 0.2) is 0 Å². The largest absolute Gasteiger partial charge is 0.395 e. The fourth-order valence-corrected chi connectivity index (χ4v) is 5.63. The lowest BCUT2D eigenvalue weighted by atomic mass is 10.0. The fourth-order valence-electron chi connectivity index (χ4n) is 4.11. The van der Waals surface area contributed by atoms with Gasteiger partial charge in [-0.2, -0.15) is 4.31 Å². The van der Waals surface area contributed by atoms with E-state index in [1.165, 1.54) is 5.56 Å². The van der Waals surface area contributed by atoms with Crippen LogP contribution in [0.3, 0.4) is 0 Å². The molecular weight excluding hydrogens is 516 g/mol. The molecule has 8 nitrogen and oxygen atoms in total. The lowest BCUT2D eigenvalue weighted by molar-refractivity contribution is -0.122. The van der Waals surface area contributed by atoms with E-state index in [1.54, 1.807) is 0 Å². The molecule has 2 atom stereocenters. The van der Waals surface area contributed by atoms with Crippen molar-refractivity contribution in [2.45, 2.75) is 58.2 Å². The monoisotopic (exact) mass is 555 g/mol. The van der Waals surface area contributed by atoms with Crippen LogP contribution in [0.1, 0.15) is 43.4 Å². The van der Waals surface area contributed by atoms with Crippen molar-refractivity contribution in [1.29, 1.82) is 0 Å². The maximum atomic E-state index is 13.8. The molecule has 1 amide bonds. The van der Waals surface area contributed by atoms with E-state index < -0.39 is 45.5 Å². The molecule has 0 unspecified atom stereocenters. The maximum absolute atomic E-state index is 13.8. The predicted octanol–water partition coefficient (Wildman–Crippen LogP) is 2.13. The van der Waals surface area contributed by atoms with Crippen LogP contribution in [0, 0.1) is 11.6 Å². The summed E-state index contributed by atoms with van der Waals surface area (Å²) in [5, 5.41) is 25.8. The molecule has 38 heavy (non-hydrogen) atoms. The number of halogens is 2. The molecule has 0 saturated heterocycles. The molecule has 2 aromatic carbocycles. The predicted molar refractivity (Wildman–Crippen MR) is 143 cm³/mol. The number of sulfonamides is 1. The molecule has 2 aromatic rings. The number of hydrogen-bond acceptors (Lipinski definition) is 6. The number of nitrogens with zero attached hydrogens (tertiary/aromatic N) is 1. The number of aryl methyl sites for hydroxylation is 1. The van der Waals surface area contributed by atoms with Crippen molar-refractivity contribution in [2.24, 2.45) is 0 Å². The molecule has 0 spiro atoms. The van der Waals surface area contributed by atoms with Crippen LogP contribution in [0.4, 0.5) is 8.78 Å². The Kier molecular flexibility index (Phi) is 13.3. The molecule has 0 aliphatic rings. The average Bonchev–Trinajstić information content (AvgIpc) is 2.86. The summed E-state index contributed by atoms with van der Waals surface area (Å²) >= 11 is 0. The van der Waals surface area contributed by atoms with E-state index in [-0.39, 0.29) is 44.6 Å². The van der Waals surface area contributed by atoms with Crippen molar-refractivity contribution in [3.05, 3.63) is 70.8 Å². The molecular formula is C27H39F2N3O5S. The molecule has 0 radical (unpaired) electrons. The summed E-state index contributed by atoms with van der Waals surface area (Å²) in [5.74, 6) is -2.65. The van der Waals surface area contributed by atoms with E-state index in [0.717, 1.165) is 34.5 Å². The summed E-state index contributed by atoms with van der Waals surface area (Å²) < 4.78 is 53.9. The van der Waals surface area contributed by atoms with Crippen LogP contribution in [0.5, 0.6) is 0 Å². The van der Waals surface area contributed by atoms with Gasteiger partial charge in [0.25, 0.3) is 0 Å². The number of nitrogens with one attached hydrogen (secondary N) is 2. The number of aliphatic hydroxyl groups excluding tert-OH is 2. The van der Waals surface area contributed by atoms with Crippen LogP contribution >= 0.6 is 0 Å². The quantitative estimate of drug-likeness (QED) is 0.238. The smallest absolute Gasteiger partial charge is 0.221 e. The van der Waals surface area contributed by atoms with Gasteiger partial charge in [0.05, 0.1) is 24.5 Å². The van der Waals surface area contributed by atoms with Gasteiger partial charge in [-0.25, -0.2) is 17.2 Å². The topological polar surface area (TPSA) is 119 Å². The Morgan fingerprint density at radius 2 is 1.71 bits per heavy atom. The molecule has 2 rings (SSSR count). The van der Waals surface area contributed by atoms with Crippen LogP contribution in [-0.4, -0.2) is 73.0 Å². The van der Waals surface area contributed by atoms with Crippen molar-refractivity contribution >= 4 is 15.9 Å². The highest BCUT2D eigenvalue weighted by atomic mass is 32.2. The minimum atomic E-state index is -3.78. The van der Waals surface area contributed by atoms with E-state index in [9.17, 15) is 27.1 Å². The molecule has 0 fully saturated rings. The van der Waals surface area contributed by atoms with E-state index in [1.807, 2.05) is 31.2 Å². The molecule has 0 bridgehead atoms. The third-order valence-corrected chi connectivity index (χ3v) is 7.95. The number of rotatable bonds is 17. The number of aliphatic hydroxyl groups is 2. The minimum absolute atomic E-state index is 0.0584. The van der Waals surface area contributed by atoms with E-state index in [4.69, 9.17) is 5.11 Å². The number of benzene rings is 2. The summed E-state index contributed by atoms with van der Waals surface area (Å²) in [5.41, 5.74) is 2.44. The Bertz CT molecular complexity index is 1110. The number of hydrogen-bond donors (Lipinski definition) is 4. The van der Waals surface area contributed by atoms with Crippen LogP contribution in [0.15, 0.2) is 42.5 Å². The zero-order valence-corrected chi connectivity index (χ0v) is 22.8. The normalized spacial score (nSPS) is 13.4. The first kappa shape index (κ1) is 31.8. The van der Waals surface area contributed by atoms with Crippen molar-refractivity contribution in [1.82, 2.24) is 14.9 Å². The van der Waals surface area contributed by atoms with Gasteiger partial charge in [0.1, 0.15) is 11.6 Å². The second-order valence-electron chi connectivity index (χ2n) is 9.22. The Morgan fingerprint density at radius 1 is 1.03 bits per heavy atom. The van der Waals surface area contributed by atoms with Crippen LogP contribution in [0.25, 0.3) is 0 Å². The first-order valence-corrected chi connectivity index (χ1v) is 14.5. The molecule has 0 aliphatic carbocycles. The first-order chi connectivity index (χ1) is 18.1. The fraction of sp³-hybridized carbons (Fsp3) is 0.519. The Balaban J connectivity index is 2.07. The van der Waals surface area contributed by atoms with Gasteiger partial charge in [-0.1, -0.05) is 38.1 Å². The molecule has 0 aromatic heterocycles. The number of carbonyl (C=O) groups excluding carboxylic acids is 1. The SMILES string of the molecule is CCCN(CCO)S(=O)(=O)CCC(=O)N[C@@H](Cc1cc(F)cc(F)c1)[C@@H](O)CNCc1cccc(CC)c1. The summed E-state index contributed by atoms with van der Waals surface area (Å²) in [6, 6.07) is 10.0. The summed E-state index contributed by atoms with van der Waals surface area (Å²) in [6.45, 7) is 4.25. The van der Waals surface area contributed by atoms with Crippen molar-refractivity contribution in [3.63, 3.8) is 0 Å². The van der Waals surface area contributed by atoms with Gasteiger partial charge in [0.2, 0.25) is 15.9 Å². The summed E-state index contributed by atoms with van der Waals surface area (Å²) in [7, 11) is -3.78. The van der Waals surface area contributed by atoms with Gasteiger partial charge < -0.3 is 20.8 Å². The highest BCUT2D eigenvalue weighted by Gasteiger charge is 2.25. The molecule has 0 aliphatic heterocycles. The highest BCUT2D eigenvalue weighted by molar-refractivity contribution is 7.89. The standard InChI is InChI=1S/C27H39F2N3O5S/c1-3-9-32(10-11-33)38(36,37)12-8-27(35)31-25(16-22-14-23(28)17-24(29)15-22)26(34)19-30-18-21-7-5-6-20(4-2)13-21/h5-7,13-15,17,25-26,30,33-34H,3-4,8-12,16,18-19H2,1-2H3,(H,31,35)/t25-,26-/m0/s1. The molecule has 11 heteroatoms. The van der Waals surface area contributed by atoms with Crippen molar-refractivity contribution in [2.75, 3.05) is 32.0 Å². The second-order valence-corrected chi connectivity index (χ2v) is 11.3. The summed E-state index contributed by atoms with van der Waals surface area (Å²) in [4.78, 5) is 12.7. The molecule has 4 N–H and O–H groups in total. The van der Waals surface area contributed by atoms with Gasteiger partial charge in [-0.15, -0.1) is 0 Å². The van der Waals surface area contributed by atoms with Crippen LogP contribution < -0.4 is 10.6 Å². The zero-order valence-electron chi connectivity index (χ0n) is 22.0. The third-order valence-electron chi connectivity index (χ3n) is 6.07. The van der Waals surface area contributed by atoms with Crippen molar-refractivity contribution in [3.8, 4) is 0 Å². The maximum Gasteiger partial charge on any atom is 0.221 e. The molecule has 212 valence electrons. The Morgan fingerprint density at radius 3 is 2.34 bits per heavy atom. The van der Waals surface area contributed by atoms with E-state index >= 15 is 0 Å². The van der Waals surface area contributed by atoms with Gasteiger partial charge in [0, 0.05) is 38.7 Å². The van der Waals surface area contributed by atoms with E-state index in [0.29, 0.717) is 13.0 Å². The van der Waals surface area contributed by atoms with Crippen LogP contribution in [-0.2, 0) is 34.2 Å². The van der Waals surface area contributed by atoms with E-state index in [2.05, 4.69) is 17.6 Å².